The van der Waals surface area contributed by atoms with E-state index >= 15 is 0 Å². The largest absolute Gasteiger partial charge is 0.508 e. The Balaban J connectivity index is 1.96. The predicted octanol–water partition coefficient (Wildman–Crippen LogP) is -1.08. The number of phenolic OH excluding ortho intramolecular Hbond substituents is 1. The minimum atomic E-state index is -1.80. The molecule has 1 aliphatic rings. The van der Waals surface area contributed by atoms with Crippen LogP contribution in [0.2, 0.25) is 1.41 Å². The maximum absolute atomic E-state index is 12.2. The summed E-state index contributed by atoms with van der Waals surface area (Å²) in [4.78, 5) is 20.8. The Morgan fingerprint density at radius 1 is 1.39 bits per heavy atom. The summed E-state index contributed by atoms with van der Waals surface area (Å²) in [5.41, 5.74) is 4.57. The van der Waals surface area contributed by atoms with E-state index in [0.29, 0.717) is 9.87 Å². The van der Waals surface area contributed by atoms with Crippen LogP contribution >= 0.6 is 11.8 Å². The van der Waals surface area contributed by atoms with Crippen molar-refractivity contribution < 1.29 is 26.6 Å². The minimum Gasteiger partial charge on any atom is -0.508 e. The number of thioether (sulfide) groups is 1. The maximum Gasteiger partial charge on any atom is 0.302 e. The molecule has 1 aromatic carbocycles. The predicted molar refractivity (Wildman–Crippen MR) is 98.5 cm³/mol. The number of H-pyrrole nitrogens is 1. The second-order valence-corrected chi connectivity index (χ2v) is 7.44. The number of nitrogens with zero attached hydrogens (tertiary/aromatic N) is 3. The first-order valence-electron chi connectivity index (χ1n) is 8.61. The third kappa shape index (κ3) is 2.82. The number of nitrogen functional groups attached to an aromatic ring is 1. The van der Waals surface area contributed by atoms with Gasteiger partial charge in [-0.1, -0.05) is 11.8 Å². The Morgan fingerprint density at radius 2 is 2.11 bits per heavy atom. The average Bonchev–Trinajstić information content (AvgIpc) is 3.25. The maximum atomic E-state index is 12.2. The van der Waals surface area contributed by atoms with E-state index < -0.39 is 41.5 Å². The normalized spacial score (nSPS) is 28.0. The number of rotatable bonds is 4. The first-order chi connectivity index (χ1) is 13.8. The third-order valence-electron chi connectivity index (χ3n) is 4.40. The molecule has 2 aromatic heterocycles. The number of imidazole rings is 1. The zero-order valence-electron chi connectivity index (χ0n) is 15.2. The summed E-state index contributed by atoms with van der Waals surface area (Å²) < 4.78 is 15.2. The molecule has 1 fully saturated rings. The number of benzene rings is 1. The number of aromatic hydroxyl groups is 1. The van der Waals surface area contributed by atoms with Crippen molar-refractivity contribution in [1.82, 2.24) is 19.5 Å². The summed E-state index contributed by atoms with van der Waals surface area (Å²) in [7, 11) is 0. The highest BCUT2D eigenvalue weighted by atomic mass is 32.2. The van der Waals surface area contributed by atoms with Crippen molar-refractivity contribution in [3.63, 3.8) is 0 Å². The van der Waals surface area contributed by atoms with Crippen molar-refractivity contribution >= 4 is 28.9 Å². The van der Waals surface area contributed by atoms with E-state index in [2.05, 4.69) is 9.97 Å². The average molecular weight is 408 g/mol. The molecule has 28 heavy (non-hydrogen) atoms. The van der Waals surface area contributed by atoms with Crippen molar-refractivity contribution in [1.29, 1.82) is 0 Å². The first kappa shape index (κ1) is 17.5. The van der Waals surface area contributed by atoms with Gasteiger partial charge in [0.05, 0.1) is 6.61 Å². The van der Waals surface area contributed by atoms with Gasteiger partial charge >= 0.3 is 5.56 Å². The van der Waals surface area contributed by atoms with Crippen LogP contribution in [0, 0.1) is 0 Å². The molecule has 3 heterocycles. The molecule has 0 unspecified atom stereocenters. The van der Waals surface area contributed by atoms with E-state index in [1.165, 1.54) is 23.0 Å². The van der Waals surface area contributed by atoms with Gasteiger partial charge in [-0.05, 0) is 24.3 Å². The summed E-state index contributed by atoms with van der Waals surface area (Å²) in [5, 5.41) is 38.5. The number of anilines is 1. The number of nitrogens with two attached hydrogens (primary N) is 1. The number of aliphatic hydroxyl groups is 3. The number of aromatic amines is 1. The van der Waals surface area contributed by atoms with Crippen LogP contribution in [-0.2, 0) is 9.79 Å². The monoisotopic (exact) mass is 408 g/mol. The molecule has 4 atom stereocenters. The lowest BCUT2D eigenvalue weighted by Crippen LogP contribution is -2.43. The number of aliphatic hydroxyl groups excluding tert-OH is 3. The molecule has 12 heteroatoms. The van der Waals surface area contributed by atoms with Gasteiger partial charge in [0.15, 0.2) is 6.93 Å². The molecule has 1 saturated heterocycles. The number of hydrogen-bond acceptors (Lipinski definition) is 10. The molecular formula is C16H17N5O6S. The second kappa shape index (κ2) is 6.76. The topological polar surface area (TPSA) is 180 Å². The van der Waals surface area contributed by atoms with E-state index in [1.807, 2.05) is 0 Å². The third-order valence-corrected chi connectivity index (χ3v) is 5.73. The number of phenols is 1. The molecule has 4 rings (SSSR count). The summed E-state index contributed by atoms with van der Waals surface area (Å²) in [6.07, 6.45) is -3.02. The van der Waals surface area contributed by atoms with Crippen LogP contribution in [0.1, 0.15) is 0 Å². The molecule has 0 aliphatic carbocycles. The Morgan fingerprint density at radius 3 is 2.75 bits per heavy atom. The van der Waals surface area contributed by atoms with Gasteiger partial charge < -0.3 is 35.9 Å². The van der Waals surface area contributed by atoms with Crippen molar-refractivity contribution in [3.8, 4) is 5.75 Å². The van der Waals surface area contributed by atoms with Crippen molar-refractivity contribution in [3.05, 3.63) is 40.9 Å². The van der Waals surface area contributed by atoms with E-state index in [0.717, 1.165) is 11.8 Å². The fraction of sp³-hybridized carbons (Fsp3) is 0.312. The van der Waals surface area contributed by atoms with Gasteiger partial charge in [0.25, 0.3) is 0 Å². The molecular weight excluding hydrogens is 390 g/mol. The lowest BCUT2D eigenvalue weighted by Gasteiger charge is -2.33. The van der Waals surface area contributed by atoms with E-state index in [4.69, 9.17) is 11.9 Å². The van der Waals surface area contributed by atoms with E-state index in [1.54, 1.807) is 12.1 Å². The number of nitrogens with one attached hydrogen (secondary N) is 1. The molecule has 1 aliphatic heterocycles. The number of hydrogen-bond donors (Lipinski definition) is 6. The van der Waals surface area contributed by atoms with Crippen LogP contribution in [0.4, 0.5) is 5.95 Å². The molecule has 0 spiro atoms. The first-order valence-corrected chi connectivity index (χ1v) is 8.98. The number of ether oxygens (including phenoxy) is 1. The quantitative estimate of drug-likeness (QED) is 0.311. The molecule has 3 aromatic rings. The molecule has 148 valence electrons. The van der Waals surface area contributed by atoms with Crippen LogP contribution in [0.3, 0.4) is 0 Å². The fourth-order valence-corrected chi connectivity index (χ4v) is 4.33. The number of aromatic nitrogens is 4. The lowest BCUT2D eigenvalue weighted by atomic mass is 10.1. The molecule has 11 nitrogen and oxygen atoms in total. The van der Waals surface area contributed by atoms with Crippen molar-refractivity contribution in [2.75, 3.05) is 12.3 Å². The highest BCUT2D eigenvalue weighted by Crippen LogP contribution is 2.48. The highest BCUT2D eigenvalue weighted by Gasteiger charge is 2.57. The Hall–Kier alpha value is -2.64. The Kier molecular flexibility index (Phi) is 4.21. The van der Waals surface area contributed by atoms with E-state index in [-0.39, 0.29) is 16.9 Å². The zero-order valence-corrected chi connectivity index (χ0v) is 15.0. The van der Waals surface area contributed by atoms with Crippen LogP contribution in [0.25, 0.3) is 11.2 Å². The highest BCUT2D eigenvalue weighted by molar-refractivity contribution is 8.00. The summed E-state index contributed by atoms with van der Waals surface area (Å²) in [5.74, 6) is -0.378. The van der Waals surface area contributed by atoms with Gasteiger partial charge in [0.1, 0.15) is 36.0 Å². The van der Waals surface area contributed by atoms with Gasteiger partial charge in [-0.25, -0.2) is 4.98 Å². The second-order valence-electron chi connectivity index (χ2n) is 6.17. The molecule has 0 radical (unpaired) electrons. The Bertz CT molecular complexity index is 1120. The summed E-state index contributed by atoms with van der Waals surface area (Å²) in [6, 6.07) is 5.95. The smallest absolute Gasteiger partial charge is 0.302 e. The fourth-order valence-electron chi connectivity index (χ4n) is 3.05. The summed E-state index contributed by atoms with van der Waals surface area (Å²) >= 11 is 0.940. The van der Waals surface area contributed by atoms with E-state index in [9.17, 15) is 25.2 Å². The lowest BCUT2D eigenvalue weighted by molar-refractivity contribution is -0.0776. The molecule has 7 N–H and O–H groups in total. The van der Waals surface area contributed by atoms with Gasteiger partial charge in [0, 0.05) is 4.90 Å². The zero-order chi connectivity index (χ0) is 20.9. The molecule has 0 saturated carbocycles. The molecule has 0 bridgehead atoms. The minimum absolute atomic E-state index is 0.0245. The van der Waals surface area contributed by atoms with Gasteiger partial charge in [-0.15, -0.1) is 0 Å². The molecule has 0 amide bonds. The van der Waals surface area contributed by atoms with Crippen LogP contribution in [-0.4, -0.2) is 64.9 Å². The SMILES string of the molecule is [2H]n1c(N)nc(=O)c2ncn([C@]3(Sc4ccc(O)cc4)O[C@H](CO)[C@@H](O)[C@H]3O)c21. The number of fused-ring (bicyclic) bond motifs is 1. The standard InChI is InChI=1S/C16H17N5O6S/c17-15-19-13-10(14(26)20-15)18-6-21(13)16(12(25)11(24)9(5-22)27-16)28-8-3-1-7(23)2-4-8/h1-4,6,9,11-12,22-25H,5H2,(H3,17,19,20,26)/t9-,11-,12-,16+/m1/s1/i/hD. The summed E-state index contributed by atoms with van der Waals surface area (Å²) in [6.45, 7) is -0.583. The van der Waals surface area contributed by atoms with Gasteiger partial charge in [-0.3, -0.25) is 9.36 Å². The van der Waals surface area contributed by atoms with Crippen LogP contribution < -0.4 is 11.3 Å². The van der Waals surface area contributed by atoms with Crippen molar-refractivity contribution in [2.24, 2.45) is 0 Å². The van der Waals surface area contributed by atoms with Crippen LogP contribution in [0.15, 0.2) is 40.3 Å². The Labute approximate surface area is 162 Å². The van der Waals surface area contributed by atoms with Crippen molar-refractivity contribution in [2.45, 2.75) is 28.3 Å². The van der Waals surface area contributed by atoms with Crippen LogP contribution in [0.5, 0.6) is 5.75 Å². The van der Waals surface area contributed by atoms with Gasteiger partial charge in [0.2, 0.25) is 11.0 Å². The van der Waals surface area contributed by atoms with Gasteiger partial charge in [-0.2, -0.15) is 4.98 Å².